The maximum Gasteiger partial charge on any atom is 0.356 e. The molecule has 1 N–H and O–H groups in total. The Hall–Kier alpha value is -1.79. The largest absolute Gasteiger partial charge is 0.486 e. The summed E-state index contributed by atoms with van der Waals surface area (Å²) in [6.45, 7) is 0.897. The average Bonchev–Trinajstić information content (AvgIpc) is 2.88. The molecule has 1 aromatic carbocycles. The molecule has 0 fully saturated rings. The van der Waals surface area contributed by atoms with Crippen molar-refractivity contribution >= 4 is 28.9 Å². The van der Waals surface area contributed by atoms with Gasteiger partial charge >= 0.3 is 5.97 Å². The monoisotopic (exact) mass is 297 g/mol. The Labute approximate surface area is 117 Å². The molecular weight excluding hydrogens is 290 g/mol. The lowest BCUT2D eigenvalue weighted by Gasteiger charge is -2.20. The predicted molar refractivity (Wildman–Crippen MR) is 70.5 cm³/mol. The first kappa shape index (κ1) is 12.3. The van der Waals surface area contributed by atoms with Crippen molar-refractivity contribution in [2.75, 3.05) is 13.2 Å². The molecule has 2 aromatic rings. The zero-order valence-electron chi connectivity index (χ0n) is 9.55. The molecule has 5 nitrogen and oxygen atoms in total. The summed E-state index contributed by atoms with van der Waals surface area (Å²) in [6.07, 6.45) is 0. The third-order valence-corrected chi connectivity index (χ3v) is 3.79. The predicted octanol–water partition coefficient (Wildman–Crippen LogP) is 2.93. The molecule has 7 heteroatoms. The molecule has 0 unspecified atom stereocenters. The lowest BCUT2D eigenvalue weighted by Crippen LogP contribution is -2.15. The summed E-state index contributed by atoms with van der Waals surface area (Å²) >= 11 is 7.37. The Morgan fingerprint density at radius 2 is 2.16 bits per heavy atom. The molecule has 0 saturated carbocycles. The van der Waals surface area contributed by atoms with Gasteiger partial charge in [0.05, 0.1) is 15.4 Å². The number of carboxylic acids is 1. The summed E-state index contributed by atoms with van der Waals surface area (Å²) in [7, 11) is 0. The number of aromatic carboxylic acids is 1. The highest BCUT2D eigenvalue weighted by molar-refractivity contribution is 7.13. The normalized spacial score (nSPS) is 13.3. The molecule has 0 atom stereocenters. The van der Waals surface area contributed by atoms with Crippen LogP contribution in [0.5, 0.6) is 11.5 Å². The van der Waals surface area contributed by atoms with Crippen molar-refractivity contribution in [1.29, 1.82) is 0 Å². The zero-order chi connectivity index (χ0) is 13.4. The molecule has 1 aliphatic rings. The molecule has 0 radical (unpaired) electrons. The number of hydrogen-bond acceptors (Lipinski definition) is 5. The van der Waals surface area contributed by atoms with Gasteiger partial charge in [0.1, 0.15) is 13.2 Å². The van der Waals surface area contributed by atoms with Crippen molar-refractivity contribution in [3.8, 4) is 21.9 Å². The zero-order valence-corrected chi connectivity index (χ0v) is 11.1. The number of thiazole rings is 1. The fourth-order valence-electron chi connectivity index (χ4n) is 1.85. The third kappa shape index (κ3) is 2.13. The van der Waals surface area contributed by atoms with Gasteiger partial charge in [-0.1, -0.05) is 11.6 Å². The molecule has 0 amide bonds. The van der Waals surface area contributed by atoms with Crippen LogP contribution in [0.1, 0.15) is 10.5 Å². The van der Waals surface area contributed by atoms with Gasteiger partial charge in [-0.25, -0.2) is 9.78 Å². The maximum absolute atomic E-state index is 11.1. The number of carbonyl (C=O) groups is 1. The minimum Gasteiger partial charge on any atom is -0.486 e. The Balaban J connectivity index is 2.13. The summed E-state index contributed by atoms with van der Waals surface area (Å²) in [5.41, 5.74) is 2.16. The van der Waals surface area contributed by atoms with E-state index in [0.717, 1.165) is 0 Å². The van der Waals surface area contributed by atoms with E-state index in [1.807, 2.05) is 0 Å². The summed E-state index contributed by atoms with van der Waals surface area (Å²) in [5, 5.41) is 9.48. The summed E-state index contributed by atoms with van der Waals surface area (Å²) in [5.74, 6) is -0.0428. The Bertz CT molecular complexity index is 655. The second-order valence-corrected chi connectivity index (χ2v) is 5.08. The van der Waals surface area contributed by atoms with Gasteiger partial charge in [-0.3, -0.25) is 0 Å². The molecule has 98 valence electrons. The summed E-state index contributed by atoms with van der Waals surface area (Å²) in [6, 6.07) is 3.38. The number of rotatable bonds is 2. The lowest BCUT2D eigenvalue weighted by molar-refractivity contribution is 0.0692. The molecule has 0 bridgehead atoms. The van der Waals surface area contributed by atoms with Gasteiger partial charge in [0.2, 0.25) is 0 Å². The minimum atomic E-state index is -1.07. The van der Waals surface area contributed by atoms with E-state index in [4.69, 9.17) is 26.2 Å². The van der Waals surface area contributed by atoms with Gasteiger partial charge in [-0.05, 0) is 17.7 Å². The van der Waals surface area contributed by atoms with E-state index in [1.165, 1.54) is 16.8 Å². The average molecular weight is 298 g/mol. The molecule has 19 heavy (non-hydrogen) atoms. The molecule has 0 aliphatic carbocycles. The van der Waals surface area contributed by atoms with Gasteiger partial charge < -0.3 is 14.6 Å². The number of carboxylic acid groups (broad SMARTS) is 1. The molecule has 2 heterocycles. The Morgan fingerprint density at radius 3 is 2.95 bits per heavy atom. The van der Waals surface area contributed by atoms with Gasteiger partial charge in [0.25, 0.3) is 0 Å². The standard InChI is InChI=1S/C12H8ClNO4S/c13-7-3-6(4-8-10(7)18-2-1-17-8)11-9(12(15)16)14-5-19-11/h3-5H,1-2H2,(H,15,16). The van der Waals surface area contributed by atoms with Crippen LogP contribution in [0.2, 0.25) is 5.02 Å². The lowest BCUT2D eigenvalue weighted by atomic mass is 10.1. The topological polar surface area (TPSA) is 68.7 Å². The van der Waals surface area contributed by atoms with E-state index in [9.17, 15) is 4.79 Å². The van der Waals surface area contributed by atoms with E-state index in [0.29, 0.717) is 40.2 Å². The molecular formula is C12H8ClNO4S. The summed E-state index contributed by atoms with van der Waals surface area (Å²) < 4.78 is 10.9. The SMILES string of the molecule is O=C(O)c1ncsc1-c1cc(Cl)c2c(c1)OCCO2. The van der Waals surface area contributed by atoms with E-state index in [-0.39, 0.29) is 5.69 Å². The quantitative estimate of drug-likeness (QED) is 0.923. The van der Waals surface area contributed by atoms with Crippen molar-refractivity contribution in [3.05, 3.63) is 28.4 Å². The highest BCUT2D eigenvalue weighted by Gasteiger charge is 2.21. The van der Waals surface area contributed by atoms with E-state index in [2.05, 4.69) is 4.98 Å². The number of benzene rings is 1. The number of halogens is 1. The van der Waals surface area contributed by atoms with E-state index >= 15 is 0 Å². The number of ether oxygens (including phenoxy) is 2. The van der Waals surface area contributed by atoms with Crippen LogP contribution in [0.4, 0.5) is 0 Å². The second-order valence-electron chi connectivity index (χ2n) is 3.82. The first-order valence-corrected chi connectivity index (χ1v) is 6.69. The van der Waals surface area contributed by atoms with Crippen LogP contribution in [0.15, 0.2) is 17.6 Å². The number of nitrogens with zero attached hydrogens (tertiary/aromatic N) is 1. The van der Waals surface area contributed by atoms with Crippen LogP contribution in [0.25, 0.3) is 10.4 Å². The van der Waals surface area contributed by atoms with Crippen LogP contribution in [-0.4, -0.2) is 29.3 Å². The smallest absolute Gasteiger partial charge is 0.356 e. The molecule has 0 spiro atoms. The number of aromatic nitrogens is 1. The van der Waals surface area contributed by atoms with Crippen LogP contribution in [0, 0.1) is 0 Å². The first-order valence-electron chi connectivity index (χ1n) is 5.43. The van der Waals surface area contributed by atoms with Crippen LogP contribution < -0.4 is 9.47 Å². The third-order valence-electron chi connectivity index (χ3n) is 2.63. The van der Waals surface area contributed by atoms with Crippen molar-refractivity contribution in [2.45, 2.75) is 0 Å². The van der Waals surface area contributed by atoms with Crippen LogP contribution in [-0.2, 0) is 0 Å². The maximum atomic E-state index is 11.1. The van der Waals surface area contributed by atoms with Crippen LogP contribution in [0.3, 0.4) is 0 Å². The minimum absolute atomic E-state index is 0.0118. The molecule has 3 rings (SSSR count). The van der Waals surface area contributed by atoms with Crippen LogP contribution >= 0.6 is 22.9 Å². The van der Waals surface area contributed by atoms with Crippen molar-refractivity contribution in [2.24, 2.45) is 0 Å². The highest BCUT2D eigenvalue weighted by atomic mass is 35.5. The Morgan fingerprint density at radius 1 is 1.37 bits per heavy atom. The second kappa shape index (κ2) is 4.71. The molecule has 1 aliphatic heterocycles. The fourth-order valence-corrected chi connectivity index (χ4v) is 2.88. The Kier molecular flexibility index (Phi) is 3.04. The number of fused-ring (bicyclic) bond motifs is 1. The highest BCUT2D eigenvalue weighted by Crippen LogP contribution is 2.42. The van der Waals surface area contributed by atoms with Crippen molar-refractivity contribution in [1.82, 2.24) is 4.98 Å². The van der Waals surface area contributed by atoms with E-state index < -0.39 is 5.97 Å². The summed E-state index contributed by atoms with van der Waals surface area (Å²) in [4.78, 5) is 15.5. The van der Waals surface area contributed by atoms with E-state index in [1.54, 1.807) is 12.1 Å². The van der Waals surface area contributed by atoms with Gasteiger partial charge in [-0.2, -0.15) is 0 Å². The fraction of sp³-hybridized carbons (Fsp3) is 0.167. The molecule has 0 saturated heterocycles. The first-order chi connectivity index (χ1) is 9.16. The van der Waals surface area contributed by atoms with Gasteiger partial charge in [0, 0.05) is 0 Å². The van der Waals surface area contributed by atoms with Crippen molar-refractivity contribution in [3.63, 3.8) is 0 Å². The van der Waals surface area contributed by atoms with Crippen molar-refractivity contribution < 1.29 is 19.4 Å². The number of hydrogen-bond donors (Lipinski definition) is 1. The van der Waals surface area contributed by atoms with Gasteiger partial charge in [-0.15, -0.1) is 11.3 Å². The van der Waals surface area contributed by atoms with Gasteiger partial charge in [0.15, 0.2) is 17.2 Å². The molecule has 1 aromatic heterocycles.